The van der Waals surface area contributed by atoms with Gasteiger partial charge in [0.1, 0.15) is 0 Å². The van der Waals surface area contributed by atoms with E-state index in [1.807, 2.05) is 92.0 Å². The highest BCUT2D eigenvalue weighted by Gasteiger charge is 2.12. The normalized spacial score (nSPS) is 10.7. The van der Waals surface area contributed by atoms with Crippen molar-refractivity contribution in [3.63, 3.8) is 0 Å². The first-order valence-corrected chi connectivity index (χ1v) is 10.2. The van der Waals surface area contributed by atoms with Crippen molar-refractivity contribution in [2.75, 3.05) is 0 Å². The van der Waals surface area contributed by atoms with Crippen molar-refractivity contribution in [2.45, 2.75) is 6.92 Å². The van der Waals surface area contributed by atoms with Gasteiger partial charge in [-0.3, -0.25) is 4.98 Å². The zero-order valence-electron chi connectivity index (χ0n) is 17.1. The van der Waals surface area contributed by atoms with E-state index in [2.05, 4.69) is 23.2 Å². The summed E-state index contributed by atoms with van der Waals surface area (Å²) in [6.07, 6.45) is 1.88. The van der Waals surface area contributed by atoms with Crippen LogP contribution in [-0.2, 0) is 0 Å². The van der Waals surface area contributed by atoms with Gasteiger partial charge in [0.05, 0.1) is 5.69 Å². The Morgan fingerprint density at radius 2 is 1.00 bits per heavy atom. The molecule has 31 heavy (non-hydrogen) atoms. The van der Waals surface area contributed by atoms with Crippen LogP contribution in [0.2, 0.25) is 0 Å². The maximum absolute atomic E-state index is 4.81. The standard InChI is InChI=1S/C27H20N4/c1-19-15-16-24(28-18-19)22-13-8-14-23(17-22)27-30-25(20-9-4-2-5-10-20)29-26(31-27)21-11-6-3-7-12-21/h2-18H,1H3. The van der Waals surface area contributed by atoms with E-state index in [-0.39, 0.29) is 0 Å². The van der Waals surface area contributed by atoms with Crippen LogP contribution in [0.1, 0.15) is 5.56 Å². The molecule has 0 unspecified atom stereocenters. The molecule has 3 aromatic carbocycles. The molecular weight excluding hydrogens is 380 g/mol. The molecule has 0 atom stereocenters. The van der Waals surface area contributed by atoms with Crippen LogP contribution in [0.3, 0.4) is 0 Å². The average Bonchev–Trinajstić information content (AvgIpc) is 2.85. The highest BCUT2D eigenvalue weighted by atomic mass is 15.0. The molecule has 148 valence electrons. The highest BCUT2D eigenvalue weighted by molar-refractivity contribution is 5.71. The van der Waals surface area contributed by atoms with Crippen LogP contribution in [0.15, 0.2) is 103 Å². The van der Waals surface area contributed by atoms with Crippen molar-refractivity contribution in [3.8, 4) is 45.4 Å². The van der Waals surface area contributed by atoms with E-state index in [1.54, 1.807) is 0 Å². The summed E-state index contributed by atoms with van der Waals surface area (Å²) in [7, 11) is 0. The molecule has 0 N–H and O–H groups in total. The lowest BCUT2D eigenvalue weighted by Crippen LogP contribution is -2.00. The second-order valence-corrected chi connectivity index (χ2v) is 7.34. The zero-order valence-corrected chi connectivity index (χ0v) is 17.1. The van der Waals surface area contributed by atoms with Crippen LogP contribution in [0.25, 0.3) is 45.4 Å². The Morgan fingerprint density at radius 1 is 0.484 bits per heavy atom. The minimum Gasteiger partial charge on any atom is -0.256 e. The fourth-order valence-electron chi connectivity index (χ4n) is 3.39. The first-order valence-electron chi connectivity index (χ1n) is 10.2. The molecule has 0 spiro atoms. The topological polar surface area (TPSA) is 51.6 Å². The molecule has 4 heteroatoms. The Hall–Kier alpha value is -4.18. The molecule has 0 aliphatic rings. The number of aryl methyl sites for hydroxylation is 1. The molecular formula is C27H20N4. The van der Waals surface area contributed by atoms with Gasteiger partial charge in [-0.1, -0.05) is 84.9 Å². The van der Waals surface area contributed by atoms with Gasteiger partial charge in [0, 0.05) is 28.5 Å². The maximum Gasteiger partial charge on any atom is 0.164 e. The number of benzene rings is 3. The zero-order chi connectivity index (χ0) is 21.0. The number of nitrogens with zero attached hydrogens (tertiary/aromatic N) is 4. The summed E-state index contributed by atoms with van der Waals surface area (Å²) >= 11 is 0. The van der Waals surface area contributed by atoms with E-state index < -0.39 is 0 Å². The van der Waals surface area contributed by atoms with Crippen molar-refractivity contribution < 1.29 is 0 Å². The molecule has 0 saturated carbocycles. The first-order chi connectivity index (χ1) is 15.3. The van der Waals surface area contributed by atoms with Crippen molar-refractivity contribution in [2.24, 2.45) is 0 Å². The van der Waals surface area contributed by atoms with E-state index in [4.69, 9.17) is 15.0 Å². The van der Waals surface area contributed by atoms with Crippen LogP contribution in [0, 0.1) is 6.92 Å². The lowest BCUT2D eigenvalue weighted by atomic mass is 10.1. The second kappa shape index (κ2) is 8.28. The molecule has 0 fully saturated rings. The third kappa shape index (κ3) is 4.09. The lowest BCUT2D eigenvalue weighted by Gasteiger charge is -2.09. The van der Waals surface area contributed by atoms with Gasteiger partial charge in [-0.25, -0.2) is 15.0 Å². The van der Waals surface area contributed by atoms with Gasteiger partial charge >= 0.3 is 0 Å². The molecule has 0 saturated heterocycles. The quantitative estimate of drug-likeness (QED) is 0.358. The summed E-state index contributed by atoms with van der Waals surface area (Å²) in [6, 6.07) is 32.3. The predicted octanol–water partition coefficient (Wildman–Crippen LogP) is 6.24. The van der Waals surface area contributed by atoms with Crippen LogP contribution in [0.5, 0.6) is 0 Å². The molecule has 0 radical (unpaired) electrons. The van der Waals surface area contributed by atoms with E-state index >= 15 is 0 Å². The Kier molecular flexibility index (Phi) is 5.03. The van der Waals surface area contributed by atoms with Crippen LogP contribution in [0.4, 0.5) is 0 Å². The Labute approximate surface area is 181 Å². The van der Waals surface area contributed by atoms with Crippen molar-refractivity contribution in [1.29, 1.82) is 0 Å². The molecule has 0 aliphatic carbocycles. The Bertz CT molecular complexity index is 1260. The fourth-order valence-corrected chi connectivity index (χ4v) is 3.39. The number of pyridine rings is 1. The van der Waals surface area contributed by atoms with Gasteiger partial charge in [0.15, 0.2) is 17.5 Å². The molecule has 4 nitrogen and oxygen atoms in total. The lowest BCUT2D eigenvalue weighted by molar-refractivity contribution is 1.07. The molecule has 0 aliphatic heterocycles. The number of hydrogen-bond donors (Lipinski definition) is 0. The summed E-state index contributed by atoms with van der Waals surface area (Å²) in [5.74, 6) is 1.95. The van der Waals surface area contributed by atoms with E-state index in [9.17, 15) is 0 Å². The Balaban J connectivity index is 1.65. The molecule has 0 amide bonds. The average molecular weight is 400 g/mol. The summed E-state index contributed by atoms with van der Waals surface area (Å²) in [5.41, 5.74) is 5.93. The van der Waals surface area contributed by atoms with Gasteiger partial charge in [-0.05, 0) is 24.6 Å². The number of hydrogen-bond acceptors (Lipinski definition) is 4. The van der Waals surface area contributed by atoms with Gasteiger partial charge in [-0.15, -0.1) is 0 Å². The van der Waals surface area contributed by atoms with Gasteiger partial charge in [0.25, 0.3) is 0 Å². The molecule has 5 aromatic rings. The third-order valence-electron chi connectivity index (χ3n) is 5.03. The third-order valence-corrected chi connectivity index (χ3v) is 5.03. The number of aromatic nitrogens is 4. The van der Waals surface area contributed by atoms with Crippen LogP contribution < -0.4 is 0 Å². The van der Waals surface area contributed by atoms with Crippen molar-refractivity contribution in [3.05, 3.63) is 109 Å². The van der Waals surface area contributed by atoms with Crippen molar-refractivity contribution >= 4 is 0 Å². The maximum atomic E-state index is 4.81. The minimum atomic E-state index is 0.640. The van der Waals surface area contributed by atoms with Gasteiger partial charge in [-0.2, -0.15) is 0 Å². The van der Waals surface area contributed by atoms with Gasteiger partial charge < -0.3 is 0 Å². The largest absolute Gasteiger partial charge is 0.256 e. The molecule has 5 rings (SSSR count). The van der Waals surface area contributed by atoms with Crippen molar-refractivity contribution in [1.82, 2.24) is 19.9 Å². The van der Waals surface area contributed by atoms with E-state index in [1.165, 1.54) is 0 Å². The fraction of sp³-hybridized carbons (Fsp3) is 0.0370. The van der Waals surface area contributed by atoms with E-state index in [0.29, 0.717) is 17.5 Å². The smallest absolute Gasteiger partial charge is 0.164 e. The summed E-state index contributed by atoms with van der Waals surface area (Å²) in [5, 5.41) is 0. The molecule has 0 bridgehead atoms. The summed E-state index contributed by atoms with van der Waals surface area (Å²) in [6.45, 7) is 2.04. The van der Waals surface area contributed by atoms with E-state index in [0.717, 1.165) is 33.5 Å². The molecule has 2 heterocycles. The van der Waals surface area contributed by atoms with Gasteiger partial charge in [0.2, 0.25) is 0 Å². The summed E-state index contributed by atoms with van der Waals surface area (Å²) in [4.78, 5) is 18.9. The number of rotatable bonds is 4. The monoisotopic (exact) mass is 400 g/mol. The summed E-state index contributed by atoms with van der Waals surface area (Å²) < 4.78 is 0. The second-order valence-electron chi connectivity index (χ2n) is 7.34. The SMILES string of the molecule is Cc1ccc(-c2cccc(-c3nc(-c4ccccc4)nc(-c4ccccc4)n3)c2)nc1. The van der Waals surface area contributed by atoms with Crippen LogP contribution >= 0.6 is 0 Å². The highest BCUT2D eigenvalue weighted by Crippen LogP contribution is 2.27. The molecule has 2 aromatic heterocycles. The minimum absolute atomic E-state index is 0.640. The Morgan fingerprint density at radius 3 is 1.55 bits per heavy atom. The predicted molar refractivity (Wildman–Crippen MR) is 124 cm³/mol. The van der Waals surface area contributed by atoms with Crippen LogP contribution in [-0.4, -0.2) is 19.9 Å². The first kappa shape index (κ1) is 18.8.